The molecule has 2 rings (SSSR count). The maximum Gasteiger partial charge on any atom is 0.269 e. The molecule has 2 aromatic rings. The number of methoxy groups -OCH3 is 2. The summed E-state index contributed by atoms with van der Waals surface area (Å²) in [7, 11) is 3.26. The van der Waals surface area contributed by atoms with Crippen molar-refractivity contribution in [2.24, 2.45) is 4.99 Å². The molecule has 0 radical (unpaired) electrons. The van der Waals surface area contributed by atoms with Crippen LogP contribution in [0, 0.1) is 10.1 Å². The summed E-state index contributed by atoms with van der Waals surface area (Å²) in [5.74, 6) is 2.14. The first-order valence-corrected chi connectivity index (χ1v) is 8.98. The van der Waals surface area contributed by atoms with Crippen LogP contribution in [0.2, 0.25) is 0 Å². The van der Waals surface area contributed by atoms with Gasteiger partial charge in [-0.1, -0.05) is 12.1 Å². The van der Waals surface area contributed by atoms with Crippen LogP contribution in [0.3, 0.4) is 0 Å². The van der Waals surface area contributed by atoms with Gasteiger partial charge in [0, 0.05) is 24.2 Å². The van der Waals surface area contributed by atoms with E-state index in [4.69, 9.17) is 9.47 Å². The van der Waals surface area contributed by atoms with E-state index in [1.165, 1.54) is 12.1 Å². The molecule has 0 spiro atoms. The Bertz CT molecular complexity index is 821. The van der Waals surface area contributed by atoms with E-state index in [9.17, 15) is 10.1 Å². The summed E-state index contributed by atoms with van der Waals surface area (Å²) in [4.78, 5) is 14.9. The van der Waals surface area contributed by atoms with Gasteiger partial charge in [0.05, 0.1) is 31.7 Å². The van der Waals surface area contributed by atoms with Gasteiger partial charge < -0.3 is 20.1 Å². The molecule has 2 aromatic carbocycles. The largest absolute Gasteiger partial charge is 0.497 e. The highest BCUT2D eigenvalue weighted by Crippen LogP contribution is 2.29. The zero-order valence-corrected chi connectivity index (χ0v) is 16.6. The zero-order valence-electron chi connectivity index (χ0n) is 16.6. The van der Waals surface area contributed by atoms with E-state index in [-0.39, 0.29) is 11.7 Å². The van der Waals surface area contributed by atoms with Crippen LogP contribution in [0.5, 0.6) is 11.5 Å². The van der Waals surface area contributed by atoms with Crippen LogP contribution in [0.25, 0.3) is 0 Å². The summed E-state index contributed by atoms with van der Waals surface area (Å²) in [6.45, 7) is 5.10. The summed E-state index contributed by atoms with van der Waals surface area (Å²) in [6, 6.07) is 11.9. The second-order valence-corrected chi connectivity index (χ2v) is 6.09. The molecule has 0 aliphatic rings. The summed E-state index contributed by atoms with van der Waals surface area (Å²) >= 11 is 0. The molecular weight excluding hydrogens is 360 g/mol. The molecule has 8 nitrogen and oxygen atoms in total. The van der Waals surface area contributed by atoms with E-state index in [2.05, 4.69) is 15.6 Å². The number of ether oxygens (including phenoxy) is 2. The maximum atomic E-state index is 10.8. The molecule has 0 bridgehead atoms. The predicted octanol–water partition coefficient (Wildman–Crippen LogP) is 3.43. The normalized spacial score (nSPS) is 12.2. The highest BCUT2D eigenvalue weighted by molar-refractivity contribution is 5.80. The Balaban J connectivity index is 2.15. The van der Waals surface area contributed by atoms with Crippen molar-refractivity contribution in [2.45, 2.75) is 26.4 Å². The van der Waals surface area contributed by atoms with Crippen LogP contribution in [0.4, 0.5) is 5.69 Å². The highest BCUT2D eigenvalue weighted by atomic mass is 16.6. The minimum absolute atomic E-state index is 0.0662. The summed E-state index contributed by atoms with van der Waals surface area (Å²) in [5.41, 5.74) is 1.90. The van der Waals surface area contributed by atoms with Crippen LogP contribution >= 0.6 is 0 Å². The third kappa shape index (κ3) is 5.60. The average Bonchev–Trinajstić information content (AvgIpc) is 2.71. The van der Waals surface area contributed by atoms with Crippen molar-refractivity contribution in [3.8, 4) is 11.5 Å². The second kappa shape index (κ2) is 10.1. The second-order valence-electron chi connectivity index (χ2n) is 6.09. The van der Waals surface area contributed by atoms with E-state index in [1.807, 2.05) is 32.0 Å². The molecule has 2 N–H and O–H groups in total. The molecule has 150 valence electrons. The molecule has 0 fully saturated rings. The van der Waals surface area contributed by atoms with Crippen molar-refractivity contribution in [1.82, 2.24) is 10.6 Å². The van der Waals surface area contributed by atoms with Crippen molar-refractivity contribution in [2.75, 3.05) is 20.8 Å². The van der Waals surface area contributed by atoms with E-state index < -0.39 is 4.92 Å². The number of nitro benzene ring substituents is 1. The monoisotopic (exact) mass is 386 g/mol. The molecule has 1 atom stereocenters. The first-order valence-electron chi connectivity index (χ1n) is 8.98. The third-order valence-corrected chi connectivity index (χ3v) is 4.17. The van der Waals surface area contributed by atoms with Crippen molar-refractivity contribution >= 4 is 11.6 Å². The van der Waals surface area contributed by atoms with Crippen LogP contribution in [0.1, 0.15) is 31.0 Å². The molecule has 0 saturated carbocycles. The lowest BCUT2D eigenvalue weighted by atomic mass is 10.1. The predicted molar refractivity (Wildman–Crippen MR) is 109 cm³/mol. The highest BCUT2D eigenvalue weighted by Gasteiger charge is 2.14. The van der Waals surface area contributed by atoms with Crippen LogP contribution < -0.4 is 20.1 Å². The van der Waals surface area contributed by atoms with Gasteiger partial charge >= 0.3 is 0 Å². The Morgan fingerprint density at radius 3 is 2.46 bits per heavy atom. The lowest BCUT2D eigenvalue weighted by Crippen LogP contribution is -2.38. The molecule has 1 unspecified atom stereocenters. The molecule has 8 heteroatoms. The quantitative estimate of drug-likeness (QED) is 0.312. The van der Waals surface area contributed by atoms with Gasteiger partial charge in [-0.3, -0.25) is 10.1 Å². The maximum absolute atomic E-state index is 10.8. The number of aliphatic imine (C=N–C) groups is 1. The first-order chi connectivity index (χ1) is 13.5. The first kappa shape index (κ1) is 21.0. The number of rotatable bonds is 8. The Kier molecular flexibility index (Phi) is 7.62. The molecule has 28 heavy (non-hydrogen) atoms. The summed E-state index contributed by atoms with van der Waals surface area (Å²) < 4.78 is 10.8. The van der Waals surface area contributed by atoms with Crippen molar-refractivity contribution in [3.63, 3.8) is 0 Å². The van der Waals surface area contributed by atoms with Gasteiger partial charge in [-0.25, -0.2) is 4.99 Å². The smallest absolute Gasteiger partial charge is 0.269 e. The molecule has 0 aliphatic heterocycles. The Labute approximate surface area is 164 Å². The average molecular weight is 386 g/mol. The number of non-ortho nitro benzene ring substituents is 1. The fourth-order valence-electron chi connectivity index (χ4n) is 2.67. The van der Waals surface area contributed by atoms with Crippen molar-refractivity contribution in [1.29, 1.82) is 0 Å². The van der Waals surface area contributed by atoms with E-state index in [0.29, 0.717) is 19.0 Å². The number of guanidine groups is 1. The lowest BCUT2D eigenvalue weighted by Gasteiger charge is -2.20. The standard InChI is InChI=1S/C20H26N4O4/c1-5-21-20(22-13-15-6-8-16(9-7-15)24(25)26)23-14(2)18-12-17(27-3)10-11-19(18)28-4/h6-12,14H,5,13H2,1-4H3,(H2,21,22,23). The molecule has 0 aromatic heterocycles. The topological polar surface area (TPSA) is 98.0 Å². The van der Waals surface area contributed by atoms with Gasteiger partial charge in [0.25, 0.3) is 5.69 Å². The minimum atomic E-state index is -0.415. The SMILES string of the molecule is CCNC(=NCc1ccc([N+](=O)[O-])cc1)NC(C)c1cc(OC)ccc1OC. The fraction of sp³-hybridized carbons (Fsp3) is 0.350. The Morgan fingerprint density at radius 1 is 1.18 bits per heavy atom. The van der Waals surface area contributed by atoms with Crippen LogP contribution in [0.15, 0.2) is 47.5 Å². The van der Waals surface area contributed by atoms with E-state index in [1.54, 1.807) is 26.4 Å². The summed E-state index contributed by atoms with van der Waals surface area (Å²) in [6.07, 6.45) is 0. The number of nitrogens with zero attached hydrogens (tertiary/aromatic N) is 2. The molecule has 0 saturated heterocycles. The van der Waals surface area contributed by atoms with Gasteiger partial charge in [0.1, 0.15) is 11.5 Å². The zero-order chi connectivity index (χ0) is 20.5. The van der Waals surface area contributed by atoms with E-state index >= 15 is 0 Å². The van der Waals surface area contributed by atoms with Gasteiger partial charge in [0.2, 0.25) is 0 Å². The Hall–Kier alpha value is -3.29. The number of hydrogen-bond acceptors (Lipinski definition) is 5. The lowest BCUT2D eigenvalue weighted by molar-refractivity contribution is -0.384. The fourth-order valence-corrected chi connectivity index (χ4v) is 2.67. The van der Waals surface area contributed by atoms with Gasteiger partial charge in [-0.05, 0) is 37.6 Å². The number of nitro groups is 1. The van der Waals surface area contributed by atoms with Gasteiger partial charge in [-0.2, -0.15) is 0 Å². The number of benzene rings is 2. The number of nitrogens with one attached hydrogen (secondary N) is 2. The molecule has 0 heterocycles. The van der Waals surface area contributed by atoms with Gasteiger partial charge in [0.15, 0.2) is 5.96 Å². The number of hydrogen-bond donors (Lipinski definition) is 2. The molecule has 0 amide bonds. The minimum Gasteiger partial charge on any atom is -0.497 e. The molecule has 0 aliphatic carbocycles. The van der Waals surface area contributed by atoms with Crippen LogP contribution in [-0.4, -0.2) is 31.6 Å². The van der Waals surface area contributed by atoms with Crippen molar-refractivity contribution < 1.29 is 14.4 Å². The van der Waals surface area contributed by atoms with E-state index in [0.717, 1.165) is 22.6 Å². The van der Waals surface area contributed by atoms with Gasteiger partial charge in [-0.15, -0.1) is 0 Å². The Morgan fingerprint density at radius 2 is 1.89 bits per heavy atom. The van der Waals surface area contributed by atoms with Crippen molar-refractivity contribution in [3.05, 3.63) is 63.7 Å². The third-order valence-electron chi connectivity index (χ3n) is 4.17. The summed E-state index contributed by atoms with van der Waals surface area (Å²) in [5, 5.41) is 17.3. The molecular formula is C20H26N4O4. The van der Waals surface area contributed by atoms with Crippen LogP contribution in [-0.2, 0) is 6.54 Å².